The van der Waals surface area contributed by atoms with Gasteiger partial charge in [0, 0.05) is 30.6 Å². The normalized spacial score (nSPS) is 14.4. The van der Waals surface area contributed by atoms with Gasteiger partial charge in [0.1, 0.15) is 0 Å². The van der Waals surface area contributed by atoms with E-state index >= 15 is 0 Å². The Morgan fingerprint density at radius 3 is 2.48 bits per heavy atom. The monoisotopic (exact) mass is 455 g/mol. The average Bonchev–Trinajstić information content (AvgIpc) is 3.36. The summed E-state index contributed by atoms with van der Waals surface area (Å²) in [5.41, 5.74) is 0.970. The quantitative estimate of drug-likeness (QED) is 0.574. The first-order valence-corrected chi connectivity index (χ1v) is 9.78. The highest BCUT2D eigenvalue weighted by Gasteiger charge is 2.34. The van der Waals surface area contributed by atoms with Gasteiger partial charge in [0.05, 0.1) is 11.5 Å². The van der Waals surface area contributed by atoms with Crippen molar-refractivity contribution in [2.24, 2.45) is 0 Å². The Labute approximate surface area is 177 Å². The number of aliphatic carboxylic acids is 2. The number of carboxylic acids is 2. The highest BCUT2D eigenvalue weighted by atomic mass is 32.1. The van der Waals surface area contributed by atoms with Crippen LogP contribution in [0.4, 0.5) is 13.2 Å². The Kier molecular flexibility index (Phi) is 6.71. The predicted octanol–water partition coefficient (Wildman–Crippen LogP) is 3.57. The molecule has 0 unspecified atom stereocenters. The van der Waals surface area contributed by atoms with Crippen LogP contribution in [-0.2, 0) is 22.3 Å². The first-order chi connectivity index (χ1) is 14.6. The van der Waals surface area contributed by atoms with Gasteiger partial charge in [-0.05, 0) is 23.1 Å². The molecule has 164 valence electrons. The number of halogens is 3. The van der Waals surface area contributed by atoms with E-state index in [9.17, 15) is 13.2 Å². The second-order valence-corrected chi connectivity index (χ2v) is 7.45. The van der Waals surface area contributed by atoms with Crippen LogP contribution >= 0.6 is 11.3 Å². The smallest absolute Gasteiger partial charge is 0.416 e. The number of carbonyl (C=O) groups is 2. The zero-order valence-electron chi connectivity index (χ0n) is 15.7. The molecule has 0 bridgehead atoms. The van der Waals surface area contributed by atoms with Crippen LogP contribution in [0.15, 0.2) is 45.6 Å². The number of benzene rings is 1. The van der Waals surface area contributed by atoms with Crippen LogP contribution in [0, 0.1) is 0 Å². The van der Waals surface area contributed by atoms with Gasteiger partial charge in [-0.25, -0.2) is 9.59 Å². The molecule has 1 fully saturated rings. The lowest BCUT2D eigenvalue weighted by Gasteiger charge is -2.37. The van der Waals surface area contributed by atoms with Crippen LogP contribution in [0.1, 0.15) is 22.9 Å². The van der Waals surface area contributed by atoms with E-state index in [1.807, 2.05) is 16.8 Å². The Balaban J connectivity index is 0.000000401. The number of thiophene rings is 1. The van der Waals surface area contributed by atoms with Crippen LogP contribution < -0.4 is 0 Å². The van der Waals surface area contributed by atoms with Gasteiger partial charge in [0.2, 0.25) is 11.7 Å². The summed E-state index contributed by atoms with van der Waals surface area (Å²) in [6.45, 7) is 1.87. The molecule has 1 aliphatic heterocycles. The maximum Gasteiger partial charge on any atom is 0.416 e. The van der Waals surface area contributed by atoms with E-state index in [4.69, 9.17) is 24.3 Å². The largest absolute Gasteiger partial charge is 0.473 e. The number of rotatable bonds is 4. The highest BCUT2D eigenvalue weighted by Crippen LogP contribution is 2.32. The fourth-order valence-electron chi connectivity index (χ4n) is 2.87. The Hall–Kier alpha value is -3.25. The Morgan fingerprint density at radius 1 is 1.19 bits per heavy atom. The third-order valence-corrected chi connectivity index (χ3v) is 5.05. The summed E-state index contributed by atoms with van der Waals surface area (Å²) in [4.78, 5) is 24.7. The van der Waals surface area contributed by atoms with Gasteiger partial charge in [-0.15, -0.1) is 0 Å². The zero-order valence-corrected chi connectivity index (χ0v) is 16.6. The molecule has 1 aromatic carbocycles. The molecular weight excluding hydrogens is 439 g/mol. The Bertz CT molecular complexity index is 1030. The fraction of sp³-hybridized carbons (Fsp3) is 0.263. The minimum atomic E-state index is -4.31. The summed E-state index contributed by atoms with van der Waals surface area (Å²) < 4.78 is 43.6. The van der Waals surface area contributed by atoms with E-state index in [1.54, 1.807) is 17.4 Å². The van der Waals surface area contributed by atoms with Gasteiger partial charge in [0.15, 0.2) is 0 Å². The van der Waals surface area contributed by atoms with Crippen LogP contribution in [0.25, 0.3) is 11.4 Å². The molecule has 12 heteroatoms. The number of alkyl halides is 3. The maximum atomic E-state index is 12.8. The van der Waals surface area contributed by atoms with Crippen molar-refractivity contribution in [1.82, 2.24) is 15.0 Å². The van der Waals surface area contributed by atoms with Crippen molar-refractivity contribution < 1.29 is 37.5 Å². The Morgan fingerprint density at radius 2 is 1.90 bits per heavy atom. The molecule has 0 spiro atoms. The number of hydrogen-bond donors (Lipinski definition) is 2. The summed E-state index contributed by atoms with van der Waals surface area (Å²) >= 11 is 1.57. The molecule has 1 aliphatic rings. The highest BCUT2D eigenvalue weighted by molar-refractivity contribution is 7.08. The average molecular weight is 455 g/mol. The van der Waals surface area contributed by atoms with Crippen molar-refractivity contribution in [3.63, 3.8) is 0 Å². The van der Waals surface area contributed by atoms with Crippen LogP contribution in [0.5, 0.6) is 0 Å². The van der Waals surface area contributed by atoms with Crippen molar-refractivity contribution in [3.05, 3.63) is 58.1 Å². The van der Waals surface area contributed by atoms with Gasteiger partial charge < -0.3 is 14.7 Å². The summed E-state index contributed by atoms with van der Waals surface area (Å²) in [5, 5.41) is 22.7. The van der Waals surface area contributed by atoms with E-state index in [2.05, 4.69) is 15.0 Å². The van der Waals surface area contributed by atoms with E-state index < -0.39 is 23.7 Å². The molecular formula is C19H16F3N3O5S. The first-order valence-electron chi connectivity index (χ1n) is 8.84. The van der Waals surface area contributed by atoms with Gasteiger partial charge in [0.25, 0.3) is 0 Å². The molecule has 1 saturated heterocycles. The third kappa shape index (κ3) is 5.89. The first kappa shape index (κ1) is 22.4. The number of hydrogen-bond acceptors (Lipinski definition) is 7. The number of carboxylic acid groups (broad SMARTS) is 2. The SMILES string of the molecule is FC(F)(F)c1cccc(CN2CC(c3nc(-c4ccsc4)no3)C2)c1.O=C(O)C(=O)O. The van der Waals surface area contributed by atoms with Crippen molar-refractivity contribution in [2.75, 3.05) is 13.1 Å². The van der Waals surface area contributed by atoms with Gasteiger partial charge in [-0.3, -0.25) is 4.90 Å². The van der Waals surface area contributed by atoms with Gasteiger partial charge >= 0.3 is 18.1 Å². The number of aromatic nitrogens is 2. The number of likely N-dealkylation sites (tertiary alicyclic amines) is 1. The van der Waals surface area contributed by atoms with Crippen LogP contribution in [0.2, 0.25) is 0 Å². The molecule has 31 heavy (non-hydrogen) atoms. The van der Waals surface area contributed by atoms with Crippen molar-refractivity contribution in [3.8, 4) is 11.4 Å². The molecule has 0 saturated carbocycles. The van der Waals surface area contributed by atoms with E-state index in [0.29, 0.717) is 36.9 Å². The lowest BCUT2D eigenvalue weighted by Crippen LogP contribution is -2.44. The minimum absolute atomic E-state index is 0.130. The second kappa shape index (κ2) is 9.27. The lowest BCUT2D eigenvalue weighted by atomic mass is 9.99. The molecule has 3 aromatic rings. The summed E-state index contributed by atoms with van der Waals surface area (Å²) in [7, 11) is 0. The van der Waals surface area contributed by atoms with E-state index in [-0.39, 0.29) is 5.92 Å². The van der Waals surface area contributed by atoms with E-state index in [0.717, 1.165) is 11.6 Å². The van der Waals surface area contributed by atoms with Crippen molar-refractivity contribution in [1.29, 1.82) is 0 Å². The molecule has 0 amide bonds. The molecule has 2 N–H and O–H groups in total. The molecule has 0 atom stereocenters. The molecule has 4 rings (SSSR count). The fourth-order valence-corrected chi connectivity index (χ4v) is 3.50. The summed E-state index contributed by atoms with van der Waals surface area (Å²) in [5.74, 6) is -2.36. The minimum Gasteiger partial charge on any atom is -0.473 e. The molecule has 0 aliphatic carbocycles. The third-order valence-electron chi connectivity index (χ3n) is 4.37. The topological polar surface area (TPSA) is 117 Å². The summed E-state index contributed by atoms with van der Waals surface area (Å²) in [6.07, 6.45) is -4.31. The van der Waals surface area contributed by atoms with Crippen molar-refractivity contribution >= 4 is 23.3 Å². The molecule has 2 aromatic heterocycles. The van der Waals surface area contributed by atoms with E-state index in [1.165, 1.54) is 12.1 Å². The van der Waals surface area contributed by atoms with Gasteiger partial charge in [-0.1, -0.05) is 23.4 Å². The molecule has 3 heterocycles. The standard InChI is InChI=1S/C17H14F3N3OS.C2H2O4/c18-17(19,20)14-3-1-2-11(6-14)7-23-8-13(9-23)16-21-15(22-24-16)12-4-5-25-10-12;3-1(4)2(5)6/h1-6,10,13H,7-9H2;(H,3,4)(H,5,6). The van der Waals surface area contributed by atoms with Crippen LogP contribution in [0.3, 0.4) is 0 Å². The molecule has 0 radical (unpaired) electrons. The second-order valence-electron chi connectivity index (χ2n) is 6.67. The van der Waals surface area contributed by atoms with Crippen molar-refractivity contribution in [2.45, 2.75) is 18.6 Å². The maximum absolute atomic E-state index is 12.8. The van der Waals surface area contributed by atoms with Gasteiger partial charge in [-0.2, -0.15) is 29.5 Å². The number of nitrogens with zero attached hydrogens (tertiary/aromatic N) is 3. The molecule has 8 nitrogen and oxygen atoms in total. The van der Waals surface area contributed by atoms with Crippen LogP contribution in [-0.4, -0.2) is 50.3 Å². The lowest BCUT2D eigenvalue weighted by molar-refractivity contribution is -0.159. The zero-order chi connectivity index (χ0) is 22.6. The predicted molar refractivity (Wildman–Crippen MR) is 102 cm³/mol. The summed E-state index contributed by atoms with van der Waals surface area (Å²) in [6, 6.07) is 7.38.